The molecule has 0 bridgehead atoms. The lowest BCUT2D eigenvalue weighted by Crippen LogP contribution is -2.06. The first-order chi connectivity index (χ1) is 11.0. The van der Waals surface area contributed by atoms with Crippen molar-refractivity contribution in [2.75, 3.05) is 0 Å². The Labute approximate surface area is 137 Å². The standard InChI is InChI=1S/C19H27F3O/c20-19(21,22)15-9-5-3-1-2-4-6-11-17-12-7-8-13-18(17)14-10-16-23/h7-8,12-13,16H,1-6,9-11,14-15H2. The predicted octanol–water partition coefficient (Wildman–Crippen LogP) is 6.04. The molecule has 0 saturated carbocycles. The topological polar surface area (TPSA) is 17.1 Å². The second kappa shape index (κ2) is 11.3. The van der Waals surface area contributed by atoms with Gasteiger partial charge in [0.15, 0.2) is 0 Å². The molecule has 0 aliphatic rings. The number of benzene rings is 1. The maximum absolute atomic E-state index is 12.0. The van der Waals surface area contributed by atoms with Crippen LogP contribution in [0.15, 0.2) is 24.3 Å². The van der Waals surface area contributed by atoms with Crippen LogP contribution in [-0.4, -0.2) is 12.5 Å². The fourth-order valence-electron chi connectivity index (χ4n) is 2.78. The van der Waals surface area contributed by atoms with Crippen LogP contribution in [0.3, 0.4) is 0 Å². The van der Waals surface area contributed by atoms with E-state index in [0.29, 0.717) is 12.8 Å². The number of unbranched alkanes of at least 4 members (excludes halogenated alkanes) is 6. The quantitative estimate of drug-likeness (QED) is 0.337. The summed E-state index contributed by atoms with van der Waals surface area (Å²) in [7, 11) is 0. The second-order valence-electron chi connectivity index (χ2n) is 6.06. The number of rotatable bonds is 12. The van der Waals surface area contributed by atoms with Crippen molar-refractivity contribution in [3.63, 3.8) is 0 Å². The Hall–Kier alpha value is -1.32. The van der Waals surface area contributed by atoms with Gasteiger partial charge >= 0.3 is 6.18 Å². The van der Waals surface area contributed by atoms with Crippen LogP contribution in [0, 0.1) is 0 Å². The molecule has 0 aliphatic heterocycles. The minimum atomic E-state index is -4.00. The number of halogens is 3. The molecule has 0 aliphatic carbocycles. The number of hydrogen-bond donors (Lipinski definition) is 0. The monoisotopic (exact) mass is 328 g/mol. The van der Waals surface area contributed by atoms with Crippen molar-refractivity contribution in [2.45, 2.75) is 76.8 Å². The summed E-state index contributed by atoms with van der Waals surface area (Å²) in [5.41, 5.74) is 2.58. The molecular weight excluding hydrogens is 301 g/mol. The molecule has 0 N–H and O–H groups in total. The highest BCUT2D eigenvalue weighted by molar-refractivity contribution is 5.50. The third-order valence-corrected chi connectivity index (χ3v) is 4.06. The summed E-state index contributed by atoms with van der Waals surface area (Å²) in [5, 5.41) is 0. The van der Waals surface area contributed by atoms with E-state index < -0.39 is 12.6 Å². The average molecular weight is 328 g/mol. The number of hydrogen-bond acceptors (Lipinski definition) is 1. The summed E-state index contributed by atoms with van der Waals surface area (Å²) in [6.45, 7) is 0. The van der Waals surface area contributed by atoms with E-state index in [9.17, 15) is 18.0 Å². The first-order valence-electron chi connectivity index (χ1n) is 8.60. The molecule has 0 heterocycles. The van der Waals surface area contributed by atoms with E-state index in [-0.39, 0.29) is 6.42 Å². The highest BCUT2D eigenvalue weighted by Gasteiger charge is 2.25. The zero-order chi connectivity index (χ0) is 17.0. The maximum Gasteiger partial charge on any atom is 0.389 e. The highest BCUT2D eigenvalue weighted by Crippen LogP contribution is 2.23. The molecule has 1 nitrogen and oxygen atoms in total. The minimum Gasteiger partial charge on any atom is -0.303 e. The molecule has 1 rings (SSSR count). The van der Waals surface area contributed by atoms with E-state index in [1.54, 1.807) is 0 Å². The van der Waals surface area contributed by atoms with E-state index in [1.165, 1.54) is 11.1 Å². The number of aryl methyl sites for hydroxylation is 2. The van der Waals surface area contributed by atoms with Gasteiger partial charge in [-0.05, 0) is 36.8 Å². The van der Waals surface area contributed by atoms with Gasteiger partial charge in [-0.3, -0.25) is 0 Å². The van der Waals surface area contributed by atoms with Crippen molar-refractivity contribution in [3.8, 4) is 0 Å². The summed E-state index contributed by atoms with van der Waals surface area (Å²) in [6.07, 6.45) is 4.83. The van der Waals surface area contributed by atoms with Gasteiger partial charge in [-0.2, -0.15) is 13.2 Å². The van der Waals surface area contributed by atoms with Crippen LogP contribution in [0.1, 0.15) is 68.9 Å². The molecule has 0 radical (unpaired) electrons. The van der Waals surface area contributed by atoms with Crippen LogP contribution in [0.2, 0.25) is 0 Å². The lowest BCUT2D eigenvalue weighted by Gasteiger charge is -2.08. The lowest BCUT2D eigenvalue weighted by molar-refractivity contribution is -0.135. The summed E-state index contributed by atoms with van der Waals surface area (Å²) in [6, 6.07) is 8.24. The van der Waals surface area contributed by atoms with Gasteiger partial charge in [-0.1, -0.05) is 56.4 Å². The zero-order valence-corrected chi connectivity index (χ0v) is 13.7. The van der Waals surface area contributed by atoms with Crippen molar-refractivity contribution < 1.29 is 18.0 Å². The van der Waals surface area contributed by atoms with Crippen LogP contribution >= 0.6 is 0 Å². The Morgan fingerprint density at radius 3 is 1.87 bits per heavy atom. The second-order valence-corrected chi connectivity index (χ2v) is 6.06. The molecule has 0 fully saturated rings. The molecule has 0 saturated heterocycles. The molecule has 4 heteroatoms. The predicted molar refractivity (Wildman–Crippen MR) is 87.5 cm³/mol. The van der Waals surface area contributed by atoms with Gasteiger partial charge in [-0.15, -0.1) is 0 Å². The number of carbonyl (C=O) groups excluding carboxylic acids is 1. The van der Waals surface area contributed by atoms with E-state index in [1.807, 2.05) is 12.1 Å². The van der Waals surface area contributed by atoms with E-state index in [0.717, 1.165) is 51.2 Å². The number of carbonyl (C=O) groups is 1. The van der Waals surface area contributed by atoms with Crippen LogP contribution < -0.4 is 0 Å². The first-order valence-corrected chi connectivity index (χ1v) is 8.60. The van der Waals surface area contributed by atoms with Gasteiger partial charge in [-0.25, -0.2) is 0 Å². The fourth-order valence-corrected chi connectivity index (χ4v) is 2.78. The van der Waals surface area contributed by atoms with Crippen molar-refractivity contribution in [3.05, 3.63) is 35.4 Å². The van der Waals surface area contributed by atoms with Crippen molar-refractivity contribution in [1.82, 2.24) is 0 Å². The van der Waals surface area contributed by atoms with Crippen molar-refractivity contribution in [2.24, 2.45) is 0 Å². The largest absolute Gasteiger partial charge is 0.389 e. The molecular formula is C19H27F3O. The van der Waals surface area contributed by atoms with Gasteiger partial charge in [0.1, 0.15) is 6.29 Å². The minimum absolute atomic E-state index is 0.258. The molecule has 0 spiro atoms. The van der Waals surface area contributed by atoms with Gasteiger partial charge in [0.2, 0.25) is 0 Å². The highest BCUT2D eigenvalue weighted by atomic mass is 19.4. The molecule has 23 heavy (non-hydrogen) atoms. The molecule has 0 unspecified atom stereocenters. The van der Waals surface area contributed by atoms with Crippen LogP contribution in [0.4, 0.5) is 13.2 Å². The number of aldehydes is 1. The fraction of sp³-hybridized carbons (Fsp3) is 0.632. The Kier molecular flexibility index (Phi) is 9.65. The Morgan fingerprint density at radius 1 is 0.783 bits per heavy atom. The van der Waals surface area contributed by atoms with Crippen LogP contribution in [0.5, 0.6) is 0 Å². The van der Waals surface area contributed by atoms with Gasteiger partial charge in [0.05, 0.1) is 0 Å². The maximum atomic E-state index is 12.0. The van der Waals surface area contributed by atoms with Gasteiger partial charge in [0, 0.05) is 12.8 Å². The van der Waals surface area contributed by atoms with Crippen LogP contribution in [-0.2, 0) is 17.6 Å². The Balaban J connectivity index is 2.08. The molecule has 0 atom stereocenters. The third kappa shape index (κ3) is 10.1. The van der Waals surface area contributed by atoms with Crippen molar-refractivity contribution in [1.29, 1.82) is 0 Å². The number of alkyl halides is 3. The summed E-state index contributed by atoms with van der Waals surface area (Å²) in [4.78, 5) is 10.5. The summed E-state index contributed by atoms with van der Waals surface area (Å²) in [5.74, 6) is 0. The van der Waals surface area contributed by atoms with Gasteiger partial charge < -0.3 is 4.79 Å². The third-order valence-electron chi connectivity index (χ3n) is 4.06. The molecule has 1 aromatic carbocycles. The zero-order valence-electron chi connectivity index (χ0n) is 13.7. The van der Waals surface area contributed by atoms with E-state index in [4.69, 9.17) is 0 Å². The average Bonchev–Trinajstić information content (AvgIpc) is 2.51. The molecule has 0 aromatic heterocycles. The summed E-state index contributed by atoms with van der Waals surface area (Å²) < 4.78 is 36.0. The Bertz CT molecular complexity index is 440. The molecule has 1 aromatic rings. The lowest BCUT2D eigenvalue weighted by atomic mass is 9.98. The summed E-state index contributed by atoms with van der Waals surface area (Å²) >= 11 is 0. The van der Waals surface area contributed by atoms with Gasteiger partial charge in [0.25, 0.3) is 0 Å². The van der Waals surface area contributed by atoms with Crippen LogP contribution in [0.25, 0.3) is 0 Å². The smallest absolute Gasteiger partial charge is 0.303 e. The first kappa shape index (κ1) is 19.7. The molecule has 130 valence electrons. The van der Waals surface area contributed by atoms with E-state index >= 15 is 0 Å². The van der Waals surface area contributed by atoms with E-state index in [2.05, 4.69) is 12.1 Å². The van der Waals surface area contributed by atoms with Crippen molar-refractivity contribution >= 4 is 6.29 Å². The molecule has 0 amide bonds. The normalized spacial score (nSPS) is 11.6. The SMILES string of the molecule is O=CCCc1ccccc1CCCCCCCCCC(F)(F)F. The Morgan fingerprint density at radius 2 is 1.30 bits per heavy atom.